The van der Waals surface area contributed by atoms with Crippen molar-refractivity contribution in [2.45, 2.75) is 135 Å². The highest BCUT2D eigenvalue weighted by molar-refractivity contribution is 7.91. The van der Waals surface area contributed by atoms with E-state index in [-0.39, 0.29) is 30.3 Å². The number of esters is 1. The Balaban J connectivity index is 1.47. The van der Waals surface area contributed by atoms with E-state index < -0.39 is 104 Å². The summed E-state index contributed by atoms with van der Waals surface area (Å²) in [6.45, 7) is 9.89. The third kappa shape index (κ3) is 9.80. The number of hydrogen-bond donors (Lipinski definition) is 2. The fourth-order valence-corrected chi connectivity index (χ4v) is 9.71. The van der Waals surface area contributed by atoms with E-state index in [0.717, 1.165) is 5.56 Å². The van der Waals surface area contributed by atoms with Gasteiger partial charge in [-0.3, -0.25) is 29.2 Å². The van der Waals surface area contributed by atoms with Gasteiger partial charge in [-0.15, -0.1) is 0 Å². The lowest BCUT2D eigenvalue weighted by molar-refractivity contribution is -0.257. The van der Waals surface area contributed by atoms with Crippen LogP contribution in [-0.2, 0) is 38.7 Å². The molecule has 2 aliphatic heterocycles. The van der Waals surface area contributed by atoms with Crippen LogP contribution in [0.25, 0.3) is 0 Å². The molecule has 57 heavy (non-hydrogen) atoms. The van der Waals surface area contributed by atoms with Gasteiger partial charge in [0.05, 0.1) is 45.8 Å². The first-order valence-corrected chi connectivity index (χ1v) is 21.2. The van der Waals surface area contributed by atoms with Crippen LogP contribution in [0, 0.1) is 42.9 Å². The highest BCUT2D eigenvalue weighted by Gasteiger charge is 2.63. The average Bonchev–Trinajstić information content (AvgIpc) is 3.96. The smallest absolute Gasteiger partial charge is 0.427 e. The molecular weight excluding hydrogens is 791 g/mol. The zero-order valence-electron chi connectivity index (χ0n) is 33.4. The number of nitrogens with zero attached hydrogens (tertiary/aromatic N) is 1. The van der Waals surface area contributed by atoms with Crippen LogP contribution >= 0.6 is 11.6 Å². The Hall–Kier alpha value is -3.66. The van der Waals surface area contributed by atoms with Crippen molar-refractivity contribution < 1.29 is 55.0 Å². The third-order valence-corrected chi connectivity index (χ3v) is 14.6. The number of allylic oxidation sites excluding steroid dienone is 2. The highest BCUT2D eigenvalue weighted by atomic mass is 35.5. The second-order valence-electron chi connectivity index (χ2n) is 17.4. The number of ether oxygens (including phenoxy) is 2. The third-order valence-electron chi connectivity index (χ3n) is 12.2. The van der Waals surface area contributed by atoms with Crippen molar-refractivity contribution in [1.29, 1.82) is 0 Å². The summed E-state index contributed by atoms with van der Waals surface area (Å²) in [5, 5.41) is 2.88. The van der Waals surface area contributed by atoms with E-state index in [2.05, 4.69) is 10.0 Å². The Labute approximate surface area is 337 Å². The van der Waals surface area contributed by atoms with E-state index in [9.17, 15) is 45.6 Å². The highest BCUT2D eigenvalue weighted by Crippen LogP contribution is 2.58. The molecule has 0 radical (unpaired) electrons. The number of anilines is 1. The molecule has 0 unspecified atom stereocenters. The lowest BCUT2D eigenvalue weighted by Crippen LogP contribution is -2.48. The SMILES string of the molecule is Cc1cc(C)c(NC(=O)O[C@@H]2C[C@H]3C(=O)C[C@]4(C(=O)NS(=O)(=O)C5(C)CC5)C[C@H]4/C=C\CC[C@H](C)C[C@@H](C)[C@H](CC(=O)OC(C)(C)C(F)(F)F)C(=O)N3C2)c(Cl)c1. The molecule has 0 spiro atoms. The quantitative estimate of drug-likeness (QED) is 0.201. The molecule has 3 fully saturated rings. The normalized spacial score (nSPS) is 29.8. The van der Waals surface area contributed by atoms with E-state index in [0.29, 0.717) is 57.2 Å². The minimum atomic E-state index is -4.89. The van der Waals surface area contributed by atoms with Crippen LogP contribution in [0.5, 0.6) is 0 Å². The first kappa shape index (κ1) is 44.4. The number of carbonyl (C=O) groups is 5. The van der Waals surface area contributed by atoms with Crippen LogP contribution in [0.15, 0.2) is 24.3 Å². The Morgan fingerprint density at radius 2 is 1.74 bits per heavy atom. The number of aryl methyl sites for hydroxylation is 2. The first-order valence-electron chi connectivity index (χ1n) is 19.4. The molecule has 2 saturated carbocycles. The van der Waals surface area contributed by atoms with Gasteiger partial charge in [-0.05, 0) is 108 Å². The standard InChI is InChI=1S/C40H53ClF3N3O9S/c1-22-10-8-9-11-26-19-39(26,35(51)46-57(53,54)38(7)12-13-38)20-31(48)30-17-27(55-36(52)45-33-25(4)15-23(2)16-29(33)41)21-47(30)34(50)28(24(3)14-22)18-32(49)56-37(5,6)40(42,43)44/h9,11,15-16,22,24,26-28,30H,8,10,12-14,17-21H2,1-7H3,(H,45,52)(H,46,51)/b11-9-/t22-,24+,26+,27+,28-,30-,39+/m0/s1. The summed E-state index contributed by atoms with van der Waals surface area (Å²) in [5.41, 5.74) is -2.46. The van der Waals surface area contributed by atoms with Gasteiger partial charge in [0.1, 0.15) is 6.10 Å². The molecule has 1 saturated heterocycles. The number of nitrogens with one attached hydrogen (secondary N) is 2. The van der Waals surface area contributed by atoms with Crippen LogP contribution < -0.4 is 10.0 Å². The Morgan fingerprint density at radius 3 is 2.35 bits per heavy atom. The fourth-order valence-electron chi connectivity index (χ4n) is 8.01. The number of sulfonamides is 1. The number of alkyl halides is 3. The number of rotatable bonds is 8. The monoisotopic (exact) mass is 843 g/mol. The minimum Gasteiger partial charge on any atom is -0.450 e. The average molecular weight is 844 g/mol. The molecule has 3 amide bonds. The largest absolute Gasteiger partial charge is 0.450 e. The summed E-state index contributed by atoms with van der Waals surface area (Å²) in [6, 6.07) is 2.17. The number of Topliss-reactive ketones (excluding diaryl/α,β-unsaturated/α-hetero) is 1. The van der Waals surface area contributed by atoms with Crippen molar-refractivity contribution in [3.8, 4) is 0 Å². The minimum absolute atomic E-state index is 0.0164. The second-order valence-corrected chi connectivity index (χ2v) is 20.0. The van der Waals surface area contributed by atoms with Gasteiger partial charge in [0.25, 0.3) is 0 Å². The molecular formula is C40H53ClF3N3O9S. The summed E-state index contributed by atoms with van der Waals surface area (Å²) in [6.07, 6.45) is -1.98. The summed E-state index contributed by atoms with van der Waals surface area (Å²) >= 11 is 6.39. The maximum atomic E-state index is 14.7. The van der Waals surface area contributed by atoms with Gasteiger partial charge in [-0.25, -0.2) is 13.2 Å². The van der Waals surface area contributed by atoms with Crippen molar-refractivity contribution in [2.75, 3.05) is 11.9 Å². The van der Waals surface area contributed by atoms with E-state index in [1.165, 1.54) is 11.8 Å². The molecule has 2 heterocycles. The number of amides is 3. The van der Waals surface area contributed by atoms with E-state index >= 15 is 0 Å². The number of benzene rings is 1. The van der Waals surface area contributed by atoms with Crippen molar-refractivity contribution >= 4 is 57.0 Å². The van der Waals surface area contributed by atoms with Crippen molar-refractivity contribution in [1.82, 2.24) is 9.62 Å². The lowest BCUT2D eigenvalue weighted by Gasteiger charge is -2.33. The van der Waals surface area contributed by atoms with Crippen LogP contribution in [0.4, 0.5) is 23.7 Å². The molecule has 0 bridgehead atoms. The molecule has 17 heteroatoms. The maximum Gasteiger partial charge on any atom is 0.427 e. The number of ketones is 1. The molecule has 2 N–H and O–H groups in total. The topological polar surface area (TPSA) is 165 Å². The number of hydrogen-bond acceptors (Lipinski definition) is 9. The fraction of sp³-hybridized carbons (Fsp3) is 0.675. The summed E-state index contributed by atoms with van der Waals surface area (Å²) in [5.74, 6) is -5.65. The molecule has 5 rings (SSSR count). The predicted octanol–water partition coefficient (Wildman–Crippen LogP) is 7.34. The Bertz CT molecular complexity index is 1910. The number of carbonyl (C=O) groups excluding carboxylic acids is 5. The van der Waals surface area contributed by atoms with E-state index in [4.69, 9.17) is 21.1 Å². The molecule has 1 aromatic carbocycles. The van der Waals surface area contributed by atoms with E-state index in [1.54, 1.807) is 26.0 Å². The van der Waals surface area contributed by atoms with Crippen LogP contribution in [0.1, 0.15) is 104 Å². The summed E-state index contributed by atoms with van der Waals surface area (Å²) in [4.78, 5) is 70.6. The van der Waals surface area contributed by atoms with E-state index in [1.807, 2.05) is 26.0 Å². The van der Waals surface area contributed by atoms with Crippen LogP contribution in [0.3, 0.4) is 0 Å². The van der Waals surface area contributed by atoms with Crippen molar-refractivity contribution in [3.05, 3.63) is 40.4 Å². The van der Waals surface area contributed by atoms with Gasteiger partial charge >= 0.3 is 18.2 Å². The van der Waals surface area contributed by atoms with Crippen LogP contribution in [-0.4, -0.2) is 78.2 Å². The van der Waals surface area contributed by atoms with Crippen molar-refractivity contribution in [3.63, 3.8) is 0 Å². The van der Waals surface area contributed by atoms with Gasteiger partial charge in [0, 0.05) is 12.8 Å². The van der Waals surface area contributed by atoms with Gasteiger partial charge in [0.15, 0.2) is 5.78 Å². The second kappa shape index (κ2) is 16.2. The van der Waals surface area contributed by atoms with Gasteiger partial charge < -0.3 is 14.4 Å². The van der Waals surface area contributed by atoms with Crippen LogP contribution in [0.2, 0.25) is 5.02 Å². The number of halogens is 4. The summed E-state index contributed by atoms with van der Waals surface area (Å²) < 4.78 is 79.2. The van der Waals surface area contributed by atoms with Gasteiger partial charge in [-0.1, -0.05) is 43.7 Å². The molecule has 7 atom stereocenters. The van der Waals surface area contributed by atoms with Gasteiger partial charge in [0.2, 0.25) is 27.4 Å². The molecule has 4 aliphatic rings. The molecule has 12 nitrogen and oxygen atoms in total. The summed E-state index contributed by atoms with van der Waals surface area (Å²) in [7, 11) is -4.06. The zero-order valence-corrected chi connectivity index (χ0v) is 35.0. The maximum absolute atomic E-state index is 14.7. The lowest BCUT2D eigenvalue weighted by atomic mass is 9.82. The first-order chi connectivity index (χ1) is 26.3. The molecule has 0 aromatic heterocycles. The molecule has 316 valence electrons. The molecule has 2 aliphatic carbocycles. The predicted molar refractivity (Wildman–Crippen MR) is 205 cm³/mol. The Kier molecular flexibility index (Phi) is 12.6. The van der Waals surface area contributed by atoms with Crippen molar-refractivity contribution in [2.24, 2.45) is 29.1 Å². The zero-order chi connectivity index (χ0) is 42.5. The Morgan fingerprint density at radius 1 is 1.07 bits per heavy atom. The number of fused-ring (bicyclic) bond motifs is 2. The van der Waals surface area contributed by atoms with Gasteiger partial charge in [-0.2, -0.15) is 13.2 Å². The molecule has 1 aromatic rings.